The Morgan fingerprint density at radius 1 is 1.48 bits per heavy atom. The van der Waals surface area contributed by atoms with Crippen LogP contribution in [0.3, 0.4) is 0 Å². The van der Waals surface area contributed by atoms with E-state index in [4.69, 9.17) is 5.26 Å². The Morgan fingerprint density at radius 2 is 2.14 bits per heavy atom. The van der Waals surface area contributed by atoms with Crippen molar-refractivity contribution in [1.82, 2.24) is 14.1 Å². The van der Waals surface area contributed by atoms with Crippen molar-refractivity contribution in [2.45, 2.75) is 57.0 Å². The number of rotatable bonds is 7. The summed E-state index contributed by atoms with van der Waals surface area (Å²) >= 11 is 0. The van der Waals surface area contributed by atoms with E-state index < -0.39 is 10.0 Å². The molecule has 0 amide bonds. The van der Waals surface area contributed by atoms with Crippen molar-refractivity contribution < 1.29 is 8.42 Å². The first-order valence-corrected chi connectivity index (χ1v) is 8.75. The molecule has 0 unspecified atom stereocenters. The van der Waals surface area contributed by atoms with Gasteiger partial charge in [0.2, 0.25) is 10.0 Å². The summed E-state index contributed by atoms with van der Waals surface area (Å²) in [7, 11) is -3.59. The molecule has 1 heterocycles. The van der Waals surface area contributed by atoms with Crippen molar-refractivity contribution in [3.05, 3.63) is 12.4 Å². The summed E-state index contributed by atoms with van der Waals surface area (Å²) in [4.78, 5) is 0.210. The van der Waals surface area contributed by atoms with Crippen LogP contribution in [0.25, 0.3) is 0 Å². The molecule has 21 heavy (non-hydrogen) atoms. The van der Waals surface area contributed by atoms with Crippen molar-refractivity contribution in [2.75, 3.05) is 6.54 Å². The third kappa shape index (κ3) is 3.44. The summed E-state index contributed by atoms with van der Waals surface area (Å²) < 4.78 is 28.7. The highest BCUT2D eigenvalue weighted by atomic mass is 32.2. The zero-order valence-electron chi connectivity index (χ0n) is 12.7. The van der Waals surface area contributed by atoms with Crippen molar-refractivity contribution in [1.29, 1.82) is 5.26 Å². The Bertz CT molecular complexity index is 626. The highest BCUT2D eigenvalue weighted by molar-refractivity contribution is 7.89. The van der Waals surface area contributed by atoms with Crippen LogP contribution in [0.4, 0.5) is 0 Å². The molecular formula is C14H22N4O2S. The third-order valence-electron chi connectivity index (χ3n) is 3.92. The lowest BCUT2D eigenvalue weighted by atomic mass is 10.2. The SMILES string of the molecule is CC(C)n1cc(S(=O)(=O)N(CCC#N)[C@@H](C)C2CC2)cn1. The molecule has 1 aliphatic carbocycles. The van der Waals surface area contributed by atoms with Crippen LogP contribution in [0, 0.1) is 17.2 Å². The van der Waals surface area contributed by atoms with E-state index in [1.54, 1.807) is 10.9 Å². The lowest BCUT2D eigenvalue weighted by molar-refractivity contribution is 0.314. The van der Waals surface area contributed by atoms with Crippen LogP contribution in [-0.2, 0) is 10.0 Å². The van der Waals surface area contributed by atoms with E-state index in [9.17, 15) is 8.42 Å². The number of nitrogens with zero attached hydrogens (tertiary/aromatic N) is 4. The smallest absolute Gasteiger partial charge is 0.246 e. The summed E-state index contributed by atoms with van der Waals surface area (Å²) in [5.74, 6) is 0.415. The summed E-state index contributed by atoms with van der Waals surface area (Å²) in [6.07, 6.45) is 5.29. The van der Waals surface area contributed by atoms with Gasteiger partial charge in [0, 0.05) is 31.2 Å². The molecule has 1 aromatic heterocycles. The molecule has 1 aliphatic rings. The molecule has 6 nitrogen and oxygen atoms in total. The van der Waals surface area contributed by atoms with Gasteiger partial charge in [-0.2, -0.15) is 14.7 Å². The second-order valence-electron chi connectivity index (χ2n) is 5.85. The van der Waals surface area contributed by atoms with Gasteiger partial charge < -0.3 is 0 Å². The molecule has 116 valence electrons. The molecule has 0 N–H and O–H groups in total. The van der Waals surface area contributed by atoms with E-state index >= 15 is 0 Å². The Kier molecular flexibility index (Phi) is 4.69. The number of hydrogen-bond acceptors (Lipinski definition) is 4. The first kappa shape index (κ1) is 16.0. The van der Waals surface area contributed by atoms with Crippen molar-refractivity contribution >= 4 is 10.0 Å². The van der Waals surface area contributed by atoms with E-state index in [1.165, 1.54) is 10.5 Å². The van der Waals surface area contributed by atoms with Gasteiger partial charge in [-0.25, -0.2) is 8.42 Å². The minimum absolute atomic E-state index is 0.0641. The fourth-order valence-corrected chi connectivity index (χ4v) is 4.02. The largest absolute Gasteiger partial charge is 0.269 e. The molecule has 0 aliphatic heterocycles. The summed E-state index contributed by atoms with van der Waals surface area (Å²) in [6, 6.07) is 2.08. The van der Waals surface area contributed by atoms with Gasteiger partial charge in [-0.3, -0.25) is 4.68 Å². The van der Waals surface area contributed by atoms with Gasteiger partial charge in [0.25, 0.3) is 0 Å². The standard InChI is InChI=1S/C14H22N4O2S/c1-11(2)17-10-14(9-16-17)21(19,20)18(8-4-7-15)12(3)13-5-6-13/h9-13H,4-6,8H2,1-3H3/t12-/m0/s1. The van der Waals surface area contributed by atoms with Gasteiger partial charge in [0.15, 0.2) is 0 Å². The average Bonchev–Trinajstić information content (AvgIpc) is 3.14. The zero-order valence-corrected chi connectivity index (χ0v) is 13.5. The van der Waals surface area contributed by atoms with E-state index in [2.05, 4.69) is 5.10 Å². The highest BCUT2D eigenvalue weighted by Gasteiger charge is 2.38. The molecule has 1 aromatic rings. The van der Waals surface area contributed by atoms with Crippen LogP contribution < -0.4 is 0 Å². The molecule has 0 aromatic carbocycles. The Balaban J connectivity index is 2.28. The Hall–Kier alpha value is -1.39. The second kappa shape index (κ2) is 6.16. The van der Waals surface area contributed by atoms with Gasteiger partial charge in [0.05, 0.1) is 12.3 Å². The van der Waals surface area contributed by atoms with Gasteiger partial charge in [-0.15, -0.1) is 0 Å². The molecule has 2 rings (SSSR count). The highest BCUT2D eigenvalue weighted by Crippen LogP contribution is 2.37. The van der Waals surface area contributed by atoms with Gasteiger partial charge >= 0.3 is 0 Å². The predicted octanol–water partition coefficient (Wildman–Crippen LogP) is 2.17. The van der Waals surface area contributed by atoms with Crippen LogP contribution >= 0.6 is 0 Å². The van der Waals surface area contributed by atoms with Crippen molar-refractivity contribution in [3.8, 4) is 6.07 Å². The fourth-order valence-electron chi connectivity index (χ4n) is 2.39. The normalized spacial score (nSPS) is 17.1. The van der Waals surface area contributed by atoms with Gasteiger partial charge in [-0.05, 0) is 39.5 Å². The molecule has 0 spiro atoms. The monoisotopic (exact) mass is 310 g/mol. The van der Waals surface area contributed by atoms with Crippen LogP contribution in [0.5, 0.6) is 0 Å². The first-order valence-electron chi connectivity index (χ1n) is 7.31. The summed E-state index contributed by atoms with van der Waals surface area (Å²) in [5, 5.41) is 12.9. The lowest BCUT2D eigenvalue weighted by Crippen LogP contribution is -2.40. The number of aromatic nitrogens is 2. The molecular weight excluding hydrogens is 288 g/mol. The third-order valence-corrected chi connectivity index (χ3v) is 5.86. The predicted molar refractivity (Wildman–Crippen MR) is 78.9 cm³/mol. The number of sulfonamides is 1. The lowest BCUT2D eigenvalue weighted by Gasteiger charge is -2.27. The zero-order chi connectivity index (χ0) is 15.6. The fraction of sp³-hybridized carbons (Fsp3) is 0.714. The van der Waals surface area contributed by atoms with E-state index in [0.717, 1.165) is 12.8 Å². The number of hydrogen-bond donors (Lipinski definition) is 0. The van der Waals surface area contributed by atoms with Gasteiger partial charge in [0.1, 0.15) is 4.90 Å². The molecule has 7 heteroatoms. The maximum absolute atomic E-state index is 12.8. The molecule has 1 atom stereocenters. The second-order valence-corrected chi connectivity index (χ2v) is 7.74. The summed E-state index contributed by atoms with van der Waals surface area (Å²) in [5.41, 5.74) is 0. The minimum Gasteiger partial charge on any atom is -0.269 e. The van der Waals surface area contributed by atoms with Crippen LogP contribution in [0.1, 0.15) is 46.1 Å². The van der Waals surface area contributed by atoms with Crippen molar-refractivity contribution in [2.24, 2.45) is 5.92 Å². The van der Waals surface area contributed by atoms with E-state index in [-0.39, 0.29) is 29.9 Å². The molecule has 1 fully saturated rings. The maximum atomic E-state index is 12.8. The first-order chi connectivity index (χ1) is 9.87. The Morgan fingerprint density at radius 3 is 2.62 bits per heavy atom. The van der Waals surface area contributed by atoms with Crippen molar-refractivity contribution in [3.63, 3.8) is 0 Å². The van der Waals surface area contributed by atoms with E-state index in [1.807, 2.05) is 26.8 Å². The molecule has 1 saturated carbocycles. The molecule has 0 bridgehead atoms. The van der Waals surface area contributed by atoms with Crippen LogP contribution in [0.15, 0.2) is 17.3 Å². The minimum atomic E-state index is -3.59. The quantitative estimate of drug-likeness (QED) is 0.773. The maximum Gasteiger partial charge on any atom is 0.246 e. The Labute approximate surface area is 126 Å². The van der Waals surface area contributed by atoms with Crippen LogP contribution in [-0.4, -0.2) is 35.1 Å². The topological polar surface area (TPSA) is 79.0 Å². The van der Waals surface area contributed by atoms with Crippen LogP contribution in [0.2, 0.25) is 0 Å². The van der Waals surface area contributed by atoms with Gasteiger partial charge in [-0.1, -0.05) is 0 Å². The number of nitriles is 1. The summed E-state index contributed by atoms with van der Waals surface area (Å²) in [6.45, 7) is 6.07. The molecule has 0 radical (unpaired) electrons. The van der Waals surface area contributed by atoms with E-state index in [0.29, 0.717) is 5.92 Å². The average molecular weight is 310 g/mol. The molecule has 0 saturated heterocycles.